The number of nitrogen functional groups attached to an aromatic ring is 2. The van der Waals surface area contributed by atoms with E-state index in [-0.39, 0.29) is 6.04 Å². The van der Waals surface area contributed by atoms with Crippen LogP contribution in [0.3, 0.4) is 0 Å². The fourth-order valence-corrected chi connectivity index (χ4v) is 1.74. The average molecular weight is 187 g/mol. The lowest BCUT2D eigenvalue weighted by Crippen LogP contribution is -2.15. The highest BCUT2D eigenvalue weighted by atomic mass is 14.7. The first-order chi connectivity index (χ1) is 6.59. The third-order valence-electron chi connectivity index (χ3n) is 2.42. The summed E-state index contributed by atoms with van der Waals surface area (Å²) in [4.78, 5) is 0. The number of anilines is 2. The van der Waals surface area contributed by atoms with Gasteiger partial charge in [0, 0.05) is 16.9 Å². The zero-order chi connectivity index (χ0) is 10.3. The molecule has 1 unspecified atom stereocenters. The summed E-state index contributed by atoms with van der Waals surface area (Å²) in [6.07, 6.45) is 3.78. The minimum absolute atomic E-state index is 0.156. The Morgan fingerprint density at radius 1 is 1.21 bits per heavy atom. The quantitative estimate of drug-likeness (QED) is 0.538. The molecular weight excluding hydrogens is 174 g/mol. The summed E-state index contributed by atoms with van der Waals surface area (Å²) in [7, 11) is 0. The lowest BCUT2D eigenvalue weighted by atomic mass is 9.89. The van der Waals surface area contributed by atoms with Crippen molar-refractivity contribution in [2.24, 2.45) is 5.73 Å². The molecule has 3 nitrogen and oxygen atoms in total. The maximum Gasteiger partial charge on any atom is 0.0511 e. The standard InChI is InChI=1S/C11H13N3/c1-6-2-3-9(13)11-8(6)4-7(12)5-10(11)14/h2-5,9H,1,12-14H2. The molecule has 0 saturated heterocycles. The van der Waals surface area contributed by atoms with Gasteiger partial charge in [-0.25, -0.2) is 0 Å². The predicted molar refractivity (Wildman–Crippen MR) is 60.4 cm³/mol. The number of hydrogen-bond acceptors (Lipinski definition) is 3. The molecular formula is C11H13N3. The second-order valence-corrected chi connectivity index (χ2v) is 3.48. The van der Waals surface area contributed by atoms with Gasteiger partial charge in [0.1, 0.15) is 0 Å². The number of nitrogens with two attached hydrogens (primary N) is 3. The number of benzene rings is 1. The van der Waals surface area contributed by atoms with Crippen LogP contribution in [0.25, 0.3) is 5.57 Å². The molecule has 14 heavy (non-hydrogen) atoms. The highest BCUT2D eigenvalue weighted by Gasteiger charge is 2.17. The minimum atomic E-state index is -0.156. The third kappa shape index (κ3) is 1.18. The Morgan fingerprint density at radius 3 is 2.64 bits per heavy atom. The van der Waals surface area contributed by atoms with E-state index in [0.717, 1.165) is 16.7 Å². The molecule has 0 saturated carbocycles. The van der Waals surface area contributed by atoms with Crippen molar-refractivity contribution in [3.05, 3.63) is 42.0 Å². The number of hydrogen-bond donors (Lipinski definition) is 3. The fourth-order valence-electron chi connectivity index (χ4n) is 1.74. The topological polar surface area (TPSA) is 78.1 Å². The van der Waals surface area contributed by atoms with E-state index in [4.69, 9.17) is 17.2 Å². The van der Waals surface area contributed by atoms with Crippen LogP contribution < -0.4 is 17.2 Å². The Bertz CT molecular complexity index is 432. The number of allylic oxidation sites excluding steroid dienone is 2. The molecule has 1 aliphatic rings. The molecule has 0 heterocycles. The van der Waals surface area contributed by atoms with Crippen LogP contribution in [0.5, 0.6) is 0 Å². The number of rotatable bonds is 0. The summed E-state index contributed by atoms with van der Waals surface area (Å²) in [6.45, 7) is 3.92. The van der Waals surface area contributed by atoms with Crippen LogP contribution in [0.4, 0.5) is 11.4 Å². The van der Waals surface area contributed by atoms with Crippen LogP contribution in [0.15, 0.2) is 30.9 Å². The van der Waals surface area contributed by atoms with Crippen LogP contribution in [0.1, 0.15) is 17.2 Å². The molecule has 0 radical (unpaired) electrons. The van der Waals surface area contributed by atoms with Gasteiger partial charge in [-0.15, -0.1) is 0 Å². The van der Waals surface area contributed by atoms with Crippen LogP contribution in [-0.2, 0) is 0 Å². The first kappa shape index (κ1) is 8.84. The fraction of sp³-hybridized carbons (Fsp3) is 0.0909. The van der Waals surface area contributed by atoms with E-state index in [1.165, 1.54) is 0 Å². The Balaban J connectivity index is 2.71. The van der Waals surface area contributed by atoms with Crippen molar-refractivity contribution in [3.8, 4) is 0 Å². The average Bonchev–Trinajstić information content (AvgIpc) is 2.10. The SMILES string of the molecule is C=C1C=CC(N)c2c(N)cc(N)cc21. The van der Waals surface area contributed by atoms with Gasteiger partial charge < -0.3 is 17.2 Å². The molecule has 2 rings (SSSR count). The summed E-state index contributed by atoms with van der Waals surface area (Å²) in [5, 5.41) is 0. The zero-order valence-electron chi connectivity index (χ0n) is 7.83. The molecule has 0 amide bonds. The second-order valence-electron chi connectivity index (χ2n) is 3.48. The molecule has 72 valence electrons. The second kappa shape index (κ2) is 2.89. The highest BCUT2D eigenvalue weighted by molar-refractivity contribution is 5.83. The molecule has 1 aromatic carbocycles. The molecule has 1 aromatic rings. The van der Waals surface area contributed by atoms with Crippen molar-refractivity contribution in [1.82, 2.24) is 0 Å². The van der Waals surface area contributed by atoms with Crippen LogP contribution in [-0.4, -0.2) is 0 Å². The van der Waals surface area contributed by atoms with Crippen molar-refractivity contribution in [3.63, 3.8) is 0 Å². The van der Waals surface area contributed by atoms with Gasteiger partial charge in [0.15, 0.2) is 0 Å². The van der Waals surface area contributed by atoms with E-state index in [1.54, 1.807) is 6.07 Å². The van der Waals surface area contributed by atoms with Gasteiger partial charge in [-0.1, -0.05) is 18.7 Å². The highest BCUT2D eigenvalue weighted by Crippen LogP contribution is 2.35. The Morgan fingerprint density at radius 2 is 1.93 bits per heavy atom. The maximum absolute atomic E-state index is 5.91. The van der Waals surface area contributed by atoms with Crippen molar-refractivity contribution < 1.29 is 0 Å². The Labute approximate surface area is 82.9 Å². The summed E-state index contributed by atoms with van der Waals surface area (Å²) >= 11 is 0. The van der Waals surface area contributed by atoms with Crippen LogP contribution in [0, 0.1) is 0 Å². The summed E-state index contributed by atoms with van der Waals surface area (Å²) in [5.74, 6) is 0. The molecule has 0 aromatic heterocycles. The van der Waals surface area contributed by atoms with Gasteiger partial charge >= 0.3 is 0 Å². The minimum Gasteiger partial charge on any atom is -0.399 e. The lowest BCUT2D eigenvalue weighted by Gasteiger charge is -2.21. The first-order valence-electron chi connectivity index (χ1n) is 4.41. The lowest BCUT2D eigenvalue weighted by molar-refractivity contribution is 0.903. The van der Waals surface area contributed by atoms with E-state index in [1.807, 2.05) is 18.2 Å². The Kier molecular flexibility index (Phi) is 1.82. The van der Waals surface area contributed by atoms with Gasteiger partial charge in [-0.05, 0) is 23.3 Å². The van der Waals surface area contributed by atoms with Gasteiger partial charge in [0.25, 0.3) is 0 Å². The molecule has 1 atom stereocenters. The summed E-state index contributed by atoms with van der Waals surface area (Å²) in [6, 6.07) is 3.43. The van der Waals surface area contributed by atoms with E-state index in [9.17, 15) is 0 Å². The van der Waals surface area contributed by atoms with Crippen LogP contribution >= 0.6 is 0 Å². The van der Waals surface area contributed by atoms with E-state index >= 15 is 0 Å². The Hall–Kier alpha value is -1.74. The van der Waals surface area contributed by atoms with Crippen molar-refractivity contribution in [1.29, 1.82) is 0 Å². The van der Waals surface area contributed by atoms with E-state index in [0.29, 0.717) is 11.4 Å². The molecule has 1 aliphatic carbocycles. The molecule has 0 bridgehead atoms. The summed E-state index contributed by atoms with van der Waals surface area (Å²) in [5.41, 5.74) is 21.5. The predicted octanol–water partition coefficient (Wildman–Crippen LogP) is 1.43. The third-order valence-corrected chi connectivity index (χ3v) is 2.42. The maximum atomic E-state index is 5.91. The molecule has 0 fully saturated rings. The van der Waals surface area contributed by atoms with Crippen molar-refractivity contribution in [2.75, 3.05) is 11.5 Å². The number of fused-ring (bicyclic) bond motifs is 1. The van der Waals surface area contributed by atoms with Gasteiger partial charge in [0.05, 0.1) is 6.04 Å². The van der Waals surface area contributed by atoms with Crippen molar-refractivity contribution >= 4 is 16.9 Å². The van der Waals surface area contributed by atoms with Crippen LogP contribution in [0.2, 0.25) is 0 Å². The first-order valence-corrected chi connectivity index (χ1v) is 4.41. The normalized spacial score (nSPS) is 19.5. The largest absolute Gasteiger partial charge is 0.399 e. The zero-order valence-corrected chi connectivity index (χ0v) is 7.83. The molecule has 6 N–H and O–H groups in total. The van der Waals surface area contributed by atoms with Gasteiger partial charge in [-0.2, -0.15) is 0 Å². The molecule has 0 spiro atoms. The molecule has 0 aliphatic heterocycles. The molecule has 3 heteroatoms. The monoisotopic (exact) mass is 187 g/mol. The van der Waals surface area contributed by atoms with Gasteiger partial charge in [-0.3, -0.25) is 0 Å². The summed E-state index contributed by atoms with van der Waals surface area (Å²) < 4.78 is 0. The van der Waals surface area contributed by atoms with Crippen molar-refractivity contribution in [2.45, 2.75) is 6.04 Å². The van der Waals surface area contributed by atoms with E-state index in [2.05, 4.69) is 6.58 Å². The van der Waals surface area contributed by atoms with E-state index < -0.39 is 0 Å². The van der Waals surface area contributed by atoms with Gasteiger partial charge in [0.2, 0.25) is 0 Å². The smallest absolute Gasteiger partial charge is 0.0511 e.